The Hall–Kier alpha value is -2.96. The molecule has 0 saturated carbocycles. The van der Waals surface area contributed by atoms with Crippen LogP contribution in [0.15, 0.2) is 48.6 Å². The lowest BCUT2D eigenvalue weighted by Crippen LogP contribution is -2.09. The molecule has 0 fully saturated rings. The maximum atomic E-state index is 10.5. The largest absolute Gasteiger partial charge is 0.502 e. The van der Waals surface area contributed by atoms with E-state index in [2.05, 4.69) is 0 Å². The van der Waals surface area contributed by atoms with Gasteiger partial charge in [-0.3, -0.25) is 0 Å². The molecule has 0 aromatic heterocycles. The topological polar surface area (TPSA) is 88.4 Å². The zero-order valence-corrected chi connectivity index (χ0v) is 15.1. The number of phenols is 1. The van der Waals surface area contributed by atoms with E-state index in [0.29, 0.717) is 22.6 Å². The number of fused-ring (bicyclic) bond motifs is 6. The molecule has 2 aromatic carbocycles. The summed E-state index contributed by atoms with van der Waals surface area (Å²) in [6, 6.07) is 8.56. The van der Waals surface area contributed by atoms with Crippen LogP contribution in [-0.2, 0) is 0 Å². The van der Waals surface area contributed by atoms with Crippen LogP contribution in [0, 0.1) is 0 Å². The van der Waals surface area contributed by atoms with Gasteiger partial charge in [-0.2, -0.15) is 0 Å². The number of aliphatic hydroxyl groups is 2. The fraction of sp³-hybridized carbons (Fsp3) is 0.238. The number of hydrogen-bond acceptors (Lipinski definition) is 6. The minimum Gasteiger partial charge on any atom is -0.502 e. The number of aliphatic hydroxyl groups excluding tert-OH is 2. The molecular formula is C21H22O6. The Labute approximate surface area is 157 Å². The van der Waals surface area contributed by atoms with Crippen LogP contribution in [0.1, 0.15) is 23.7 Å². The van der Waals surface area contributed by atoms with Gasteiger partial charge in [0.2, 0.25) is 11.5 Å². The molecule has 3 N–H and O–H groups in total. The fourth-order valence-electron chi connectivity index (χ4n) is 2.92. The maximum Gasteiger partial charge on any atom is 0.207 e. The summed E-state index contributed by atoms with van der Waals surface area (Å²) in [4.78, 5) is 0. The third-order valence-corrected chi connectivity index (χ3v) is 4.29. The van der Waals surface area contributed by atoms with Crippen LogP contribution < -0.4 is 14.2 Å². The van der Waals surface area contributed by atoms with Crippen LogP contribution in [0.2, 0.25) is 0 Å². The summed E-state index contributed by atoms with van der Waals surface area (Å²) in [6.45, 7) is 0. The highest BCUT2D eigenvalue weighted by atomic mass is 16.5. The van der Waals surface area contributed by atoms with Gasteiger partial charge in [-0.25, -0.2) is 0 Å². The summed E-state index contributed by atoms with van der Waals surface area (Å²) in [5.74, 6) is 1.07. The molecule has 2 aliphatic heterocycles. The van der Waals surface area contributed by atoms with Crippen molar-refractivity contribution in [3.05, 3.63) is 59.7 Å². The summed E-state index contributed by atoms with van der Waals surface area (Å²) in [6.07, 6.45) is 5.25. The smallest absolute Gasteiger partial charge is 0.207 e. The lowest BCUT2D eigenvalue weighted by atomic mass is 10.0. The molecule has 2 aliphatic rings. The van der Waals surface area contributed by atoms with Crippen molar-refractivity contribution in [2.75, 3.05) is 14.2 Å². The summed E-state index contributed by atoms with van der Waals surface area (Å²) in [7, 11) is 2.89. The summed E-state index contributed by atoms with van der Waals surface area (Å²) >= 11 is 0. The second-order valence-corrected chi connectivity index (χ2v) is 6.11. The molecule has 6 heteroatoms. The second-order valence-electron chi connectivity index (χ2n) is 6.11. The van der Waals surface area contributed by atoms with Gasteiger partial charge < -0.3 is 29.5 Å². The zero-order valence-electron chi connectivity index (χ0n) is 15.1. The highest BCUT2D eigenvalue weighted by molar-refractivity contribution is 5.71. The van der Waals surface area contributed by atoms with E-state index in [9.17, 15) is 15.3 Å². The molecule has 2 heterocycles. The first-order valence-corrected chi connectivity index (χ1v) is 8.50. The van der Waals surface area contributed by atoms with Crippen molar-refractivity contribution in [1.82, 2.24) is 0 Å². The molecule has 0 spiro atoms. The van der Waals surface area contributed by atoms with Gasteiger partial charge in [0.1, 0.15) is 5.75 Å². The number of benzene rings is 2. The van der Waals surface area contributed by atoms with Crippen LogP contribution >= 0.6 is 0 Å². The predicted octanol–water partition coefficient (Wildman–Crippen LogP) is 3.57. The van der Waals surface area contributed by atoms with Gasteiger partial charge in [-0.1, -0.05) is 36.4 Å². The molecule has 6 nitrogen and oxygen atoms in total. The molecule has 4 bridgehead atoms. The molecule has 2 atom stereocenters. The van der Waals surface area contributed by atoms with E-state index < -0.39 is 12.2 Å². The zero-order chi connectivity index (χ0) is 19.4. The minimum absolute atomic E-state index is 0.156. The van der Waals surface area contributed by atoms with Crippen LogP contribution in [-0.4, -0.2) is 35.6 Å². The number of allylic oxidation sites excluding steroid dienone is 2. The summed E-state index contributed by atoms with van der Waals surface area (Å²) < 4.78 is 16.5. The van der Waals surface area contributed by atoms with E-state index in [0.717, 1.165) is 0 Å². The number of aromatic hydroxyl groups is 1. The molecule has 0 amide bonds. The molecule has 0 radical (unpaired) electrons. The van der Waals surface area contributed by atoms with Crippen LogP contribution in [0.25, 0.3) is 6.08 Å². The van der Waals surface area contributed by atoms with Gasteiger partial charge in [-0.15, -0.1) is 0 Å². The first-order chi connectivity index (χ1) is 13.0. The van der Waals surface area contributed by atoms with Gasteiger partial charge >= 0.3 is 0 Å². The summed E-state index contributed by atoms with van der Waals surface area (Å²) in [5.41, 5.74) is 1.25. The molecule has 142 valence electrons. The van der Waals surface area contributed by atoms with Crippen molar-refractivity contribution in [2.45, 2.75) is 18.6 Å². The average molecular weight is 370 g/mol. The average Bonchev–Trinajstić information content (AvgIpc) is 2.66. The van der Waals surface area contributed by atoms with Gasteiger partial charge in [0.25, 0.3) is 0 Å². The summed E-state index contributed by atoms with van der Waals surface area (Å²) in [5, 5.41) is 30.8. The number of rotatable bonds is 2. The van der Waals surface area contributed by atoms with E-state index >= 15 is 0 Å². The monoisotopic (exact) mass is 370 g/mol. The molecule has 0 aliphatic carbocycles. The Morgan fingerprint density at radius 1 is 1.00 bits per heavy atom. The normalized spacial score (nSPS) is 21.5. The van der Waals surface area contributed by atoms with E-state index in [1.54, 1.807) is 54.6 Å². The van der Waals surface area contributed by atoms with Gasteiger partial charge in [0.05, 0.1) is 26.4 Å². The standard InChI is InChI=1S/C21H22O6/c1-25-20-14-5-3-4-6-15(22)12-17(23)13-7-9-16(10-8-13)27-18(11-14)21(26-2)19(20)24/h3-11,15,17,22-24H,12H2,1-2H3/b5-3-,6-4+/t15-,17-/m0/s1. The number of methoxy groups -OCH3 is 2. The fourth-order valence-corrected chi connectivity index (χ4v) is 2.92. The van der Waals surface area contributed by atoms with Crippen LogP contribution in [0.5, 0.6) is 28.7 Å². The Kier molecular flexibility index (Phi) is 5.69. The van der Waals surface area contributed by atoms with Gasteiger partial charge in [0.15, 0.2) is 11.5 Å². The van der Waals surface area contributed by atoms with E-state index in [-0.39, 0.29) is 23.7 Å². The molecular weight excluding hydrogens is 348 g/mol. The van der Waals surface area contributed by atoms with Gasteiger partial charge in [0, 0.05) is 12.0 Å². The molecule has 0 saturated heterocycles. The molecule has 0 unspecified atom stereocenters. The maximum absolute atomic E-state index is 10.5. The molecule has 27 heavy (non-hydrogen) atoms. The van der Waals surface area contributed by atoms with E-state index in [4.69, 9.17) is 14.2 Å². The van der Waals surface area contributed by atoms with Crippen molar-refractivity contribution in [3.8, 4) is 28.7 Å². The second kappa shape index (κ2) is 8.16. The first-order valence-electron chi connectivity index (χ1n) is 8.50. The van der Waals surface area contributed by atoms with Crippen LogP contribution in [0.4, 0.5) is 0 Å². The van der Waals surface area contributed by atoms with Crippen molar-refractivity contribution in [3.63, 3.8) is 0 Å². The third kappa shape index (κ3) is 4.07. The van der Waals surface area contributed by atoms with E-state index in [1.165, 1.54) is 14.2 Å². The number of ether oxygens (including phenoxy) is 3. The highest BCUT2D eigenvalue weighted by Crippen LogP contribution is 2.47. The minimum atomic E-state index is -0.799. The lowest BCUT2D eigenvalue weighted by Gasteiger charge is -2.17. The van der Waals surface area contributed by atoms with Crippen molar-refractivity contribution in [2.24, 2.45) is 0 Å². The van der Waals surface area contributed by atoms with Crippen molar-refractivity contribution >= 4 is 6.08 Å². The molecule has 2 aromatic rings. The Morgan fingerprint density at radius 3 is 2.37 bits per heavy atom. The molecule has 4 rings (SSSR count). The third-order valence-electron chi connectivity index (χ3n) is 4.29. The Morgan fingerprint density at radius 2 is 1.70 bits per heavy atom. The first kappa shape index (κ1) is 18.8. The lowest BCUT2D eigenvalue weighted by molar-refractivity contribution is 0.104. The van der Waals surface area contributed by atoms with Crippen LogP contribution in [0.3, 0.4) is 0 Å². The Balaban J connectivity index is 2.14. The highest BCUT2D eigenvalue weighted by Gasteiger charge is 2.20. The van der Waals surface area contributed by atoms with Gasteiger partial charge in [-0.05, 0) is 23.8 Å². The SMILES string of the molecule is COc1c2cc(c(OC)c1O)Oc1ccc(cc1)[C@@H](O)C[C@@H](O)/C=C/C=C\2. The van der Waals surface area contributed by atoms with Crippen molar-refractivity contribution in [1.29, 1.82) is 0 Å². The predicted molar refractivity (Wildman–Crippen MR) is 101 cm³/mol. The number of hydrogen-bond donors (Lipinski definition) is 3. The Bertz CT molecular complexity index is 854. The van der Waals surface area contributed by atoms with E-state index in [1.807, 2.05) is 0 Å². The number of phenolic OH excluding ortho intramolecular Hbond substituents is 1. The van der Waals surface area contributed by atoms with Crippen molar-refractivity contribution < 1.29 is 29.5 Å². The quantitative estimate of drug-likeness (QED) is 0.749.